The van der Waals surface area contributed by atoms with Crippen LogP contribution in [-0.4, -0.2) is 12.2 Å². The van der Waals surface area contributed by atoms with Crippen LogP contribution in [0.2, 0.25) is 0 Å². The van der Waals surface area contributed by atoms with Gasteiger partial charge in [0.1, 0.15) is 6.04 Å². The van der Waals surface area contributed by atoms with E-state index in [1.165, 1.54) is 0 Å². The Labute approximate surface area is 92.7 Å². The number of benzene rings is 1. The molecule has 2 rings (SSSR count). The molecule has 0 radical (unpaired) electrons. The lowest BCUT2D eigenvalue weighted by Crippen LogP contribution is -2.46. The summed E-state index contributed by atoms with van der Waals surface area (Å²) >= 11 is 0. The van der Waals surface area contributed by atoms with E-state index in [9.17, 15) is 13.2 Å². The Morgan fingerprint density at radius 2 is 1.75 bits per heavy atom. The number of nitrogens with one attached hydrogen (secondary N) is 1. The molecule has 2 atom stereocenters. The zero-order chi connectivity index (χ0) is 11.6. The maximum absolute atomic E-state index is 12.6. The molecule has 1 aromatic rings. The van der Waals surface area contributed by atoms with Gasteiger partial charge < -0.3 is 0 Å². The first-order chi connectivity index (χ1) is 7.57. The third-order valence-electron chi connectivity index (χ3n) is 2.99. The highest BCUT2D eigenvalue weighted by atomic mass is 19.4. The highest BCUT2D eigenvalue weighted by Gasteiger charge is 2.42. The van der Waals surface area contributed by atoms with E-state index in [0.29, 0.717) is 6.42 Å². The first-order valence-electron chi connectivity index (χ1n) is 5.45. The molecule has 1 nitrogen and oxygen atoms in total. The standard InChI is InChI=1S/C12H14F3N/c13-12(14,15)11-8-4-7-10(16-11)9-5-2-1-3-6-9/h1-3,5-6,10-11,16H,4,7-8H2. The molecule has 1 N–H and O–H groups in total. The summed E-state index contributed by atoms with van der Waals surface area (Å²) in [4.78, 5) is 0. The summed E-state index contributed by atoms with van der Waals surface area (Å²) in [6, 6.07) is 7.80. The second kappa shape index (κ2) is 4.45. The quantitative estimate of drug-likeness (QED) is 0.777. The molecule has 1 aromatic carbocycles. The maximum Gasteiger partial charge on any atom is 0.403 e. The van der Waals surface area contributed by atoms with E-state index < -0.39 is 12.2 Å². The monoisotopic (exact) mass is 229 g/mol. The molecule has 0 aliphatic carbocycles. The van der Waals surface area contributed by atoms with Crippen LogP contribution in [-0.2, 0) is 0 Å². The molecule has 1 fully saturated rings. The summed E-state index contributed by atoms with van der Waals surface area (Å²) in [6.07, 6.45) is -2.55. The van der Waals surface area contributed by atoms with Crippen molar-refractivity contribution in [2.45, 2.75) is 37.5 Å². The molecular formula is C12H14F3N. The van der Waals surface area contributed by atoms with Gasteiger partial charge in [-0.15, -0.1) is 0 Å². The fourth-order valence-corrected chi connectivity index (χ4v) is 2.14. The SMILES string of the molecule is FC(F)(F)C1CCCC(c2ccccc2)N1. The van der Waals surface area contributed by atoms with Crippen LogP contribution in [0, 0.1) is 0 Å². The normalized spacial score (nSPS) is 26.7. The summed E-state index contributed by atoms with van der Waals surface area (Å²) in [5.41, 5.74) is 0.941. The van der Waals surface area contributed by atoms with Gasteiger partial charge in [-0.05, 0) is 24.8 Å². The molecule has 4 heteroatoms. The van der Waals surface area contributed by atoms with E-state index in [4.69, 9.17) is 0 Å². The fourth-order valence-electron chi connectivity index (χ4n) is 2.14. The Balaban J connectivity index is 2.08. The minimum absolute atomic E-state index is 0.165. The third-order valence-corrected chi connectivity index (χ3v) is 2.99. The van der Waals surface area contributed by atoms with Gasteiger partial charge in [0.2, 0.25) is 0 Å². The average molecular weight is 229 g/mol. The van der Waals surface area contributed by atoms with Crippen molar-refractivity contribution in [3.63, 3.8) is 0 Å². The van der Waals surface area contributed by atoms with Crippen molar-refractivity contribution >= 4 is 0 Å². The van der Waals surface area contributed by atoms with Gasteiger partial charge in [-0.2, -0.15) is 13.2 Å². The Morgan fingerprint density at radius 3 is 2.38 bits per heavy atom. The summed E-state index contributed by atoms with van der Waals surface area (Å²) in [5.74, 6) is 0. The molecule has 0 aromatic heterocycles. The third kappa shape index (κ3) is 2.55. The molecule has 1 aliphatic rings. The average Bonchev–Trinajstić information content (AvgIpc) is 2.29. The summed E-state index contributed by atoms with van der Waals surface area (Å²) in [7, 11) is 0. The van der Waals surface area contributed by atoms with Crippen molar-refractivity contribution in [3.8, 4) is 0 Å². The zero-order valence-electron chi connectivity index (χ0n) is 8.80. The topological polar surface area (TPSA) is 12.0 Å². The summed E-state index contributed by atoms with van der Waals surface area (Å²) in [6.45, 7) is 0. The number of halogens is 3. The highest BCUT2D eigenvalue weighted by Crippen LogP contribution is 2.32. The van der Waals surface area contributed by atoms with Gasteiger partial charge in [-0.1, -0.05) is 30.3 Å². The predicted molar refractivity (Wildman–Crippen MR) is 56.0 cm³/mol. The Morgan fingerprint density at radius 1 is 1.06 bits per heavy atom. The lowest BCUT2D eigenvalue weighted by molar-refractivity contribution is -0.163. The van der Waals surface area contributed by atoms with Crippen LogP contribution >= 0.6 is 0 Å². The van der Waals surface area contributed by atoms with E-state index in [0.717, 1.165) is 12.0 Å². The Hall–Kier alpha value is -1.03. The summed E-state index contributed by atoms with van der Waals surface area (Å²) in [5, 5.41) is 2.68. The van der Waals surface area contributed by atoms with Gasteiger partial charge in [-0.25, -0.2) is 0 Å². The predicted octanol–water partition coefficient (Wildman–Crippen LogP) is 3.43. The highest BCUT2D eigenvalue weighted by molar-refractivity contribution is 5.19. The van der Waals surface area contributed by atoms with Crippen LogP contribution in [0.4, 0.5) is 13.2 Å². The van der Waals surface area contributed by atoms with Crippen LogP contribution in [0.3, 0.4) is 0 Å². The minimum atomic E-state index is -4.13. The lowest BCUT2D eigenvalue weighted by Gasteiger charge is -2.32. The Kier molecular flexibility index (Phi) is 3.19. The molecule has 0 saturated carbocycles. The van der Waals surface area contributed by atoms with Gasteiger partial charge in [0.15, 0.2) is 0 Å². The van der Waals surface area contributed by atoms with Gasteiger partial charge in [0, 0.05) is 6.04 Å². The van der Waals surface area contributed by atoms with Crippen LogP contribution in [0.5, 0.6) is 0 Å². The first-order valence-corrected chi connectivity index (χ1v) is 5.45. The lowest BCUT2D eigenvalue weighted by atomic mass is 9.93. The van der Waals surface area contributed by atoms with E-state index in [1.807, 2.05) is 30.3 Å². The number of hydrogen-bond donors (Lipinski definition) is 1. The van der Waals surface area contributed by atoms with Crippen molar-refractivity contribution in [2.24, 2.45) is 0 Å². The molecular weight excluding hydrogens is 215 g/mol. The molecule has 88 valence electrons. The van der Waals surface area contributed by atoms with Crippen LogP contribution < -0.4 is 5.32 Å². The van der Waals surface area contributed by atoms with E-state index in [1.54, 1.807) is 0 Å². The number of hydrogen-bond acceptors (Lipinski definition) is 1. The van der Waals surface area contributed by atoms with E-state index in [-0.39, 0.29) is 12.5 Å². The first kappa shape index (κ1) is 11.5. The van der Waals surface area contributed by atoms with Gasteiger partial charge in [-0.3, -0.25) is 5.32 Å². The van der Waals surface area contributed by atoms with Crippen molar-refractivity contribution < 1.29 is 13.2 Å². The number of rotatable bonds is 1. The minimum Gasteiger partial charge on any atom is -0.299 e. The maximum atomic E-state index is 12.6. The van der Waals surface area contributed by atoms with Gasteiger partial charge in [0.05, 0.1) is 0 Å². The second-order valence-corrected chi connectivity index (χ2v) is 4.16. The summed E-state index contributed by atoms with van der Waals surface area (Å²) < 4.78 is 37.7. The van der Waals surface area contributed by atoms with Crippen LogP contribution in [0.25, 0.3) is 0 Å². The molecule has 1 heterocycles. The molecule has 2 unspecified atom stereocenters. The molecule has 0 bridgehead atoms. The number of piperidine rings is 1. The van der Waals surface area contributed by atoms with Crippen LogP contribution in [0.1, 0.15) is 30.9 Å². The number of alkyl halides is 3. The molecule has 0 amide bonds. The van der Waals surface area contributed by atoms with Gasteiger partial charge in [0.25, 0.3) is 0 Å². The smallest absolute Gasteiger partial charge is 0.299 e. The van der Waals surface area contributed by atoms with Crippen molar-refractivity contribution in [1.82, 2.24) is 5.32 Å². The second-order valence-electron chi connectivity index (χ2n) is 4.16. The Bertz CT molecular complexity index is 334. The van der Waals surface area contributed by atoms with Crippen LogP contribution in [0.15, 0.2) is 30.3 Å². The van der Waals surface area contributed by atoms with Crippen molar-refractivity contribution in [2.75, 3.05) is 0 Å². The van der Waals surface area contributed by atoms with Crippen molar-refractivity contribution in [3.05, 3.63) is 35.9 Å². The molecule has 1 saturated heterocycles. The van der Waals surface area contributed by atoms with E-state index in [2.05, 4.69) is 5.32 Å². The molecule has 1 aliphatic heterocycles. The molecule has 16 heavy (non-hydrogen) atoms. The zero-order valence-corrected chi connectivity index (χ0v) is 8.80. The fraction of sp³-hybridized carbons (Fsp3) is 0.500. The van der Waals surface area contributed by atoms with E-state index >= 15 is 0 Å². The van der Waals surface area contributed by atoms with Gasteiger partial charge >= 0.3 is 6.18 Å². The van der Waals surface area contributed by atoms with Crippen molar-refractivity contribution in [1.29, 1.82) is 0 Å². The molecule has 0 spiro atoms. The largest absolute Gasteiger partial charge is 0.403 e.